The molecule has 7 nitrogen and oxygen atoms in total. The highest BCUT2D eigenvalue weighted by Gasteiger charge is 2.35. The first-order valence-corrected chi connectivity index (χ1v) is 14.0. The number of aryl methyl sites for hydroxylation is 1. The fourth-order valence-corrected chi connectivity index (χ4v) is 6.17. The van der Waals surface area contributed by atoms with Gasteiger partial charge in [-0.3, -0.25) is 14.6 Å². The maximum Gasteiger partial charge on any atom is 0.305 e. The van der Waals surface area contributed by atoms with Gasteiger partial charge in [-0.2, -0.15) is 0 Å². The molecule has 2 aromatic heterocycles. The Hall–Kier alpha value is -4.00. The topological polar surface area (TPSA) is 101 Å². The Bertz CT molecular complexity index is 1770. The summed E-state index contributed by atoms with van der Waals surface area (Å²) in [5.74, 6) is -0.124. The molecule has 4 heterocycles. The molecule has 2 aromatic rings. The molecule has 0 saturated heterocycles. The summed E-state index contributed by atoms with van der Waals surface area (Å²) < 4.78 is 4.95. The smallest absolute Gasteiger partial charge is 0.305 e. The highest BCUT2D eigenvalue weighted by molar-refractivity contribution is 6.13. The molecular weight excluding hydrogens is 500 g/mol. The van der Waals surface area contributed by atoms with Crippen LogP contribution in [0, 0.1) is 6.92 Å². The van der Waals surface area contributed by atoms with Gasteiger partial charge in [0.2, 0.25) is 0 Å². The predicted molar refractivity (Wildman–Crippen MR) is 160 cm³/mol. The maximum absolute atomic E-state index is 13.4. The highest BCUT2D eigenvalue weighted by atomic mass is 16.5. The van der Waals surface area contributed by atoms with Crippen LogP contribution in [0.15, 0.2) is 18.2 Å². The summed E-state index contributed by atoms with van der Waals surface area (Å²) in [6, 6.07) is 6.13. The average Bonchev–Trinajstić information content (AvgIpc) is 3.59. The van der Waals surface area contributed by atoms with E-state index in [4.69, 9.17) is 14.7 Å². The Kier molecular flexibility index (Phi) is 7.25. The van der Waals surface area contributed by atoms with Crippen LogP contribution in [0.25, 0.3) is 34.3 Å². The number of carbonyl (C=O) groups is 2. The second-order valence-corrected chi connectivity index (χ2v) is 11.3. The number of hydrogen-bond donors (Lipinski definition) is 2. The van der Waals surface area contributed by atoms with Crippen molar-refractivity contribution in [2.75, 3.05) is 7.11 Å². The number of rotatable bonds is 4. The predicted octanol–water partition coefficient (Wildman–Crippen LogP) is 5.55. The van der Waals surface area contributed by atoms with Gasteiger partial charge in [0.15, 0.2) is 5.78 Å². The van der Waals surface area contributed by atoms with Crippen LogP contribution in [0.1, 0.15) is 110 Å². The van der Waals surface area contributed by atoms with Crippen molar-refractivity contribution in [3.63, 3.8) is 0 Å². The largest absolute Gasteiger partial charge is 0.469 e. The van der Waals surface area contributed by atoms with Gasteiger partial charge in [0.05, 0.1) is 29.7 Å². The Morgan fingerprint density at radius 3 is 2.55 bits per heavy atom. The molecule has 2 aliphatic heterocycles. The van der Waals surface area contributed by atoms with E-state index in [0.29, 0.717) is 12.8 Å². The molecule has 2 N–H and O–H groups in total. The quantitative estimate of drug-likeness (QED) is 0.497. The highest BCUT2D eigenvalue weighted by Crippen LogP contribution is 2.43. The molecule has 3 aliphatic rings. The summed E-state index contributed by atoms with van der Waals surface area (Å²) in [6.45, 7) is 16.8. The molecule has 7 heteroatoms. The van der Waals surface area contributed by atoms with Crippen molar-refractivity contribution in [1.29, 1.82) is 0 Å². The molecule has 0 unspecified atom stereocenters. The second kappa shape index (κ2) is 10.5. The van der Waals surface area contributed by atoms with Crippen LogP contribution in [0.5, 0.6) is 0 Å². The molecule has 0 fully saturated rings. The van der Waals surface area contributed by atoms with Crippen LogP contribution in [0.4, 0.5) is 0 Å². The van der Waals surface area contributed by atoms with Crippen LogP contribution in [0.3, 0.4) is 0 Å². The molecule has 0 saturated carbocycles. The first-order chi connectivity index (χ1) is 19.0. The molecule has 40 heavy (non-hydrogen) atoms. The zero-order valence-electron chi connectivity index (χ0n) is 24.5. The molecule has 2 atom stereocenters. The lowest BCUT2D eigenvalue weighted by molar-refractivity contribution is -0.140. The van der Waals surface area contributed by atoms with Gasteiger partial charge in [-0.05, 0) is 75.4 Å². The molecule has 5 rings (SSSR count). The number of Topliss-reactive ketones (excluding diaryl/α,β-unsaturated/α-hetero) is 1. The number of esters is 1. The number of carbonyl (C=O) groups excluding carboxylic acids is 2. The summed E-state index contributed by atoms with van der Waals surface area (Å²) in [4.78, 5) is 42.7. The Morgan fingerprint density at radius 2 is 1.88 bits per heavy atom. The maximum atomic E-state index is 13.4. The third kappa shape index (κ3) is 4.67. The van der Waals surface area contributed by atoms with Crippen molar-refractivity contribution < 1.29 is 14.3 Å². The number of ketones is 1. The molecular formula is C33H38N4O3. The van der Waals surface area contributed by atoms with Crippen LogP contribution >= 0.6 is 0 Å². The summed E-state index contributed by atoms with van der Waals surface area (Å²) in [5, 5.41) is 1.66. The SMILES string of the molecule is C=c1cc2nc(cc3[nH]c4c(c5nc(cc(=C(C)C)[nH]1)[C@@H](C)[C@@H]5CCC(=O)OC)CC(=O)c4c3C)C(CC)=C2C. The van der Waals surface area contributed by atoms with Gasteiger partial charge in [0.1, 0.15) is 0 Å². The molecule has 0 amide bonds. The number of aromatic amines is 2. The standard InChI is InChI=1S/C33H38N4O3/c1-9-21-18(5)25-12-17(4)34-24(16(2)3)14-26-19(6)22(10-11-30(39)40-8)32(36-26)23-13-29(38)31-20(7)27(37-33(23)31)15-28(21)35-25/h12,14-15,19,22,34,37H,4,9-11,13H2,1-3,5-8H3/t19-,22-/m0/s1. The zero-order valence-corrected chi connectivity index (χ0v) is 24.5. The van der Waals surface area contributed by atoms with Crippen molar-refractivity contribution >= 4 is 46.1 Å². The van der Waals surface area contributed by atoms with Crippen molar-refractivity contribution in [2.45, 2.75) is 79.1 Å². The van der Waals surface area contributed by atoms with E-state index in [1.165, 1.54) is 12.7 Å². The van der Waals surface area contributed by atoms with Gasteiger partial charge in [-0.1, -0.05) is 26.0 Å². The summed E-state index contributed by atoms with van der Waals surface area (Å²) in [5.41, 5.74) is 11.3. The van der Waals surface area contributed by atoms with Gasteiger partial charge in [0.25, 0.3) is 0 Å². The van der Waals surface area contributed by atoms with Gasteiger partial charge in [-0.15, -0.1) is 0 Å². The summed E-state index contributed by atoms with van der Waals surface area (Å²) in [6.07, 6.45) is 2.02. The summed E-state index contributed by atoms with van der Waals surface area (Å²) >= 11 is 0. The number of nitrogens with one attached hydrogen (secondary N) is 2. The number of ether oxygens (including phenoxy) is 1. The van der Waals surface area contributed by atoms with E-state index >= 15 is 0 Å². The lowest BCUT2D eigenvalue weighted by atomic mass is 9.86. The van der Waals surface area contributed by atoms with Gasteiger partial charge in [-0.25, -0.2) is 4.98 Å². The van der Waals surface area contributed by atoms with Gasteiger partial charge in [0, 0.05) is 57.7 Å². The van der Waals surface area contributed by atoms with E-state index in [1.807, 2.05) is 13.0 Å². The molecule has 0 aromatic carbocycles. The number of aromatic nitrogens is 4. The Balaban J connectivity index is 1.93. The lowest BCUT2D eigenvalue weighted by Crippen LogP contribution is -2.18. The van der Waals surface area contributed by atoms with Gasteiger partial charge >= 0.3 is 5.97 Å². The first-order valence-electron chi connectivity index (χ1n) is 14.0. The second-order valence-electron chi connectivity index (χ2n) is 11.3. The van der Waals surface area contributed by atoms with E-state index in [-0.39, 0.29) is 30.0 Å². The van der Waals surface area contributed by atoms with Crippen molar-refractivity contribution in [2.24, 2.45) is 0 Å². The number of fused-ring (bicyclic) bond motifs is 6. The molecule has 0 radical (unpaired) electrons. The van der Waals surface area contributed by atoms with Crippen LogP contribution < -0.4 is 10.7 Å². The molecule has 0 spiro atoms. The minimum atomic E-state index is -0.245. The van der Waals surface area contributed by atoms with Crippen molar-refractivity contribution in [3.05, 3.63) is 68.4 Å². The number of H-pyrrole nitrogens is 2. The van der Waals surface area contributed by atoms with Gasteiger partial charge < -0.3 is 14.7 Å². The normalized spacial score (nSPS) is 17.7. The van der Waals surface area contributed by atoms with Crippen LogP contribution in [-0.2, 0) is 16.0 Å². The number of allylic oxidation sites excluding steroid dienone is 2. The summed E-state index contributed by atoms with van der Waals surface area (Å²) in [7, 11) is 1.41. The minimum Gasteiger partial charge on any atom is -0.469 e. The Labute approximate surface area is 234 Å². The van der Waals surface area contributed by atoms with E-state index in [9.17, 15) is 9.59 Å². The molecule has 1 aliphatic carbocycles. The van der Waals surface area contributed by atoms with E-state index in [1.54, 1.807) is 0 Å². The van der Waals surface area contributed by atoms with Crippen LogP contribution in [0.2, 0.25) is 0 Å². The third-order valence-electron chi connectivity index (χ3n) is 8.53. The van der Waals surface area contributed by atoms with Crippen molar-refractivity contribution in [1.82, 2.24) is 19.9 Å². The number of methoxy groups -OCH3 is 1. The Morgan fingerprint density at radius 1 is 1.12 bits per heavy atom. The fraction of sp³-hybridized carbons (Fsp3) is 0.394. The lowest BCUT2D eigenvalue weighted by Gasteiger charge is -2.16. The minimum absolute atomic E-state index is 0.0211. The molecule has 208 valence electrons. The average molecular weight is 539 g/mol. The fourth-order valence-electron chi connectivity index (χ4n) is 6.17. The van der Waals surface area contributed by atoms with Crippen molar-refractivity contribution in [3.8, 4) is 0 Å². The first kappa shape index (κ1) is 27.6. The third-order valence-corrected chi connectivity index (χ3v) is 8.53. The number of hydrogen-bond acceptors (Lipinski definition) is 5. The number of nitrogens with zero attached hydrogens (tertiary/aromatic N) is 2. The molecule has 6 bridgehead atoms. The van der Waals surface area contributed by atoms with E-state index in [0.717, 1.165) is 78.8 Å². The monoisotopic (exact) mass is 538 g/mol. The van der Waals surface area contributed by atoms with Crippen LogP contribution in [-0.4, -0.2) is 38.8 Å². The van der Waals surface area contributed by atoms with E-state index < -0.39 is 0 Å². The zero-order chi connectivity index (χ0) is 28.9. The van der Waals surface area contributed by atoms with E-state index in [2.05, 4.69) is 63.3 Å².